The summed E-state index contributed by atoms with van der Waals surface area (Å²) in [6.45, 7) is 1.80. The van der Waals surface area contributed by atoms with Crippen molar-refractivity contribution in [2.75, 3.05) is 14.2 Å². The van der Waals surface area contributed by atoms with Crippen LogP contribution in [-0.4, -0.2) is 43.0 Å². The SMILES string of the molecule is COC(=O)C1=C(C)N(C2CCCC2)C(=O)/C1=C\c1ccc(C(=O)OC)cc1. The average molecular weight is 369 g/mol. The molecule has 27 heavy (non-hydrogen) atoms. The number of amides is 1. The van der Waals surface area contributed by atoms with E-state index in [-0.39, 0.29) is 11.9 Å². The fourth-order valence-electron chi connectivity index (χ4n) is 3.80. The van der Waals surface area contributed by atoms with Gasteiger partial charge in [0.1, 0.15) is 0 Å². The summed E-state index contributed by atoms with van der Waals surface area (Å²) in [5, 5.41) is 0. The Morgan fingerprint density at radius 2 is 1.63 bits per heavy atom. The van der Waals surface area contributed by atoms with Crippen LogP contribution < -0.4 is 0 Å². The van der Waals surface area contributed by atoms with Crippen LogP contribution >= 0.6 is 0 Å². The van der Waals surface area contributed by atoms with Gasteiger partial charge < -0.3 is 14.4 Å². The molecule has 1 aromatic rings. The maximum atomic E-state index is 13.1. The van der Waals surface area contributed by atoms with Crippen LogP contribution in [0, 0.1) is 0 Å². The second-order valence-electron chi connectivity index (χ2n) is 6.74. The Labute approximate surface area is 158 Å². The number of esters is 2. The van der Waals surface area contributed by atoms with Gasteiger partial charge in [0.15, 0.2) is 0 Å². The van der Waals surface area contributed by atoms with E-state index in [0.29, 0.717) is 28.0 Å². The number of allylic oxidation sites excluding steroid dienone is 1. The van der Waals surface area contributed by atoms with E-state index < -0.39 is 11.9 Å². The lowest BCUT2D eigenvalue weighted by Crippen LogP contribution is -2.34. The van der Waals surface area contributed by atoms with Crippen LogP contribution in [-0.2, 0) is 19.1 Å². The van der Waals surface area contributed by atoms with Crippen LogP contribution in [0.15, 0.2) is 41.1 Å². The van der Waals surface area contributed by atoms with Crippen molar-refractivity contribution in [1.82, 2.24) is 4.90 Å². The lowest BCUT2D eigenvalue weighted by atomic mass is 10.0. The molecule has 0 aromatic heterocycles. The number of carbonyl (C=O) groups is 3. The van der Waals surface area contributed by atoms with Crippen LogP contribution in [0.4, 0.5) is 0 Å². The quantitative estimate of drug-likeness (QED) is 0.602. The summed E-state index contributed by atoms with van der Waals surface area (Å²) < 4.78 is 9.61. The van der Waals surface area contributed by atoms with Gasteiger partial charge in [-0.1, -0.05) is 25.0 Å². The van der Waals surface area contributed by atoms with E-state index >= 15 is 0 Å². The third-order valence-electron chi connectivity index (χ3n) is 5.16. The largest absolute Gasteiger partial charge is 0.465 e. The summed E-state index contributed by atoms with van der Waals surface area (Å²) >= 11 is 0. The topological polar surface area (TPSA) is 72.9 Å². The molecule has 0 N–H and O–H groups in total. The van der Waals surface area contributed by atoms with Gasteiger partial charge in [0, 0.05) is 11.7 Å². The third kappa shape index (κ3) is 3.52. The van der Waals surface area contributed by atoms with E-state index in [1.165, 1.54) is 14.2 Å². The minimum absolute atomic E-state index is 0.129. The lowest BCUT2D eigenvalue weighted by molar-refractivity contribution is -0.136. The molecule has 6 heteroatoms. The molecule has 0 saturated heterocycles. The van der Waals surface area contributed by atoms with Crippen molar-refractivity contribution in [1.29, 1.82) is 0 Å². The summed E-state index contributed by atoms with van der Waals surface area (Å²) in [5.41, 5.74) is 2.43. The fourth-order valence-corrected chi connectivity index (χ4v) is 3.80. The highest BCUT2D eigenvalue weighted by Gasteiger charge is 2.40. The molecule has 0 bridgehead atoms. The van der Waals surface area contributed by atoms with E-state index in [2.05, 4.69) is 0 Å². The van der Waals surface area contributed by atoms with Crippen LogP contribution in [0.25, 0.3) is 6.08 Å². The third-order valence-corrected chi connectivity index (χ3v) is 5.16. The molecule has 0 atom stereocenters. The first-order chi connectivity index (χ1) is 13.0. The molecule has 1 aliphatic carbocycles. The summed E-state index contributed by atoms with van der Waals surface area (Å²) in [5.74, 6) is -1.11. The zero-order valence-corrected chi connectivity index (χ0v) is 15.8. The van der Waals surface area contributed by atoms with Crippen LogP contribution in [0.1, 0.15) is 48.5 Å². The Morgan fingerprint density at radius 3 is 2.19 bits per heavy atom. The number of hydrogen-bond donors (Lipinski definition) is 0. The van der Waals surface area contributed by atoms with Gasteiger partial charge in [0.2, 0.25) is 0 Å². The molecule has 6 nitrogen and oxygen atoms in total. The molecular weight excluding hydrogens is 346 g/mol. The second-order valence-corrected chi connectivity index (χ2v) is 6.74. The van der Waals surface area contributed by atoms with Crippen molar-refractivity contribution >= 4 is 23.9 Å². The summed E-state index contributed by atoms with van der Waals surface area (Å²) in [7, 11) is 2.64. The van der Waals surface area contributed by atoms with Gasteiger partial charge in [0.05, 0.1) is 30.9 Å². The number of rotatable bonds is 4. The molecule has 0 radical (unpaired) electrons. The molecule has 1 amide bonds. The number of ether oxygens (including phenoxy) is 2. The predicted octanol–water partition coefficient (Wildman–Crippen LogP) is 3.09. The zero-order chi connectivity index (χ0) is 19.6. The number of carbonyl (C=O) groups excluding carboxylic acids is 3. The van der Waals surface area contributed by atoms with E-state index in [9.17, 15) is 14.4 Å². The Morgan fingerprint density at radius 1 is 1.04 bits per heavy atom. The van der Waals surface area contributed by atoms with Crippen molar-refractivity contribution in [2.24, 2.45) is 0 Å². The molecule has 142 valence electrons. The fraction of sp³-hybridized carbons (Fsp3) is 0.381. The Balaban J connectivity index is 1.99. The van der Waals surface area contributed by atoms with Crippen molar-refractivity contribution < 1.29 is 23.9 Å². The van der Waals surface area contributed by atoms with Gasteiger partial charge >= 0.3 is 11.9 Å². The highest BCUT2D eigenvalue weighted by atomic mass is 16.5. The molecule has 2 aliphatic rings. The highest BCUT2D eigenvalue weighted by molar-refractivity contribution is 6.16. The number of nitrogens with zero attached hydrogens (tertiary/aromatic N) is 1. The minimum atomic E-state index is -0.515. The molecule has 3 rings (SSSR count). The average Bonchev–Trinajstić information content (AvgIpc) is 3.28. The predicted molar refractivity (Wildman–Crippen MR) is 99.6 cm³/mol. The van der Waals surface area contributed by atoms with Crippen LogP contribution in [0.2, 0.25) is 0 Å². The molecule has 0 unspecified atom stereocenters. The molecule has 1 aliphatic heterocycles. The summed E-state index contributed by atoms with van der Waals surface area (Å²) in [6.07, 6.45) is 5.73. The Kier molecular flexibility index (Phi) is 5.44. The summed E-state index contributed by atoms with van der Waals surface area (Å²) in [6, 6.07) is 6.82. The van der Waals surface area contributed by atoms with Crippen LogP contribution in [0.5, 0.6) is 0 Å². The maximum absolute atomic E-state index is 13.1. The van der Waals surface area contributed by atoms with Gasteiger partial charge in [-0.2, -0.15) is 0 Å². The van der Waals surface area contributed by atoms with E-state index in [0.717, 1.165) is 25.7 Å². The molecule has 0 spiro atoms. The van der Waals surface area contributed by atoms with Crippen molar-refractivity contribution in [3.63, 3.8) is 0 Å². The smallest absolute Gasteiger partial charge is 0.340 e. The van der Waals surface area contributed by atoms with Crippen molar-refractivity contribution in [3.8, 4) is 0 Å². The van der Waals surface area contributed by atoms with Gasteiger partial charge in [-0.15, -0.1) is 0 Å². The maximum Gasteiger partial charge on any atom is 0.340 e. The molecule has 1 saturated carbocycles. The molecular formula is C21H23NO5. The summed E-state index contributed by atoms with van der Waals surface area (Å²) in [4.78, 5) is 38.8. The van der Waals surface area contributed by atoms with Crippen LogP contribution in [0.3, 0.4) is 0 Å². The standard InChI is InChI=1S/C21H23NO5/c1-13-18(21(25)27-3)17(19(23)22(13)16-6-4-5-7-16)12-14-8-10-15(11-9-14)20(24)26-2/h8-12,16H,4-7H2,1-3H3/b17-12-. The Hall–Kier alpha value is -2.89. The van der Waals surface area contributed by atoms with Gasteiger partial charge in [-0.3, -0.25) is 4.79 Å². The first-order valence-electron chi connectivity index (χ1n) is 9.01. The minimum Gasteiger partial charge on any atom is -0.465 e. The zero-order valence-electron chi connectivity index (χ0n) is 15.8. The van der Waals surface area contributed by atoms with E-state index in [4.69, 9.17) is 9.47 Å². The van der Waals surface area contributed by atoms with Gasteiger partial charge in [-0.05, 0) is 43.5 Å². The molecule has 1 heterocycles. The number of benzene rings is 1. The monoisotopic (exact) mass is 369 g/mol. The first-order valence-corrected chi connectivity index (χ1v) is 9.01. The number of hydrogen-bond acceptors (Lipinski definition) is 5. The van der Waals surface area contributed by atoms with E-state index in [1.54, 1.807) is 42.2 Å². The molecule has 1 fully saturated rings. The van der Waals surface area contributed by atoms with E-state index in [1.807, 2.05) is 0 Å². The highest BCUT2D eigenvalue weighted by Crippen LogP contribution is 2.37. The van der Waals surface area contributed by atoms with Crippen molar-refractivity contribution in [3.05, 3.63) is 52.2 Å². The van der Waals surface area contributed by atoms with Crippen molar-refractivity contribution in [2.45, 2.75) is 38.6 Å². The van der Waals surface area contributed by atoms with Gasteiger partial charge in [0.25, 0.3) is 5.91 Å². The first kappa shape index (κ1) is 18.9. The number of methoxy groups -OCH3 is 2. The second kappa shape index (κ2) is 7.78. The normalized spacial score (nSPS) is 19.1. The molecule has 1 aromatic carbocycles. The Bertz CT molecular complexity index is 829. The lowest BCUT2D eigenvalue weighted by Gasteiger charge is -2.25. The van der Waals surface area contributed by atoms with Gasteiger partial charge in [-0.25, -0.2) is 9.59 Å².